The molecular weight excluding hydrogens is 249 g/mol. The molecule has 1 aromatic heterocycles. The maximum Gasteiger partial charge on any atom is 0.207 e. The van der Waals surface area contributed by atoms with Gasteiger partial charge >= 0.3 is 0 Å². The Balaban J connectivity index is 2.12. The number of anilines is 2. The largest absolute Gasteiger partial charge is 0.494 e. The van der Waals surface area contributed by atoms with Crippen molar-refractivity contribution >= 4 is 11.6 Å². The van der Waals surface area contributed by atoms with Crippen LogP contribution in [0.5, 0.6) is 5.75 Å². The van der Waals surface area contributed by atoms with Crippen molar-refractivity contribution in [1.29, 1.82) is 0 Å². The summed E-state index contributed by atoms with van der Waals surface area (Å²) >= 11 is 0. The normalized spacial score (nSPS) is 10.5. The number of rotatable bonds is 6. The third-order valence-electron chi connectivity index (χ3n) is 2.66. The van der Waals surface area contributed by atoms with E-state index in [0.29, 0.717) is 24.8 Å². The molecule has 2 aromatic rings. The molecule has 0 aliphatic carbocycles. The number of halogens is 1. The monoisotopic (exact) mass is 265 g/mol. The van der Waals surface area contributed by atoms with Crippen molar-refractivity contribution in [3.8, 4) is 5.75 Å². The van der Waals surface area contributed by atoms with E-state index in [4.69, 9.17) is 9.47 Å². The van der Waals surface area contributed by atoms with Gasteiger partial charge < -0.3 is 19.4 Å². The maximum absolute atomic E-state index is 13.6. The van der Waals surface area contributed by atoms with Gasteiger partial charge in [0.25, 0.3) is 0 Å². The van der Waals surface area contributed by atoms with Crippen LogP contribution in [0.1, 0.15) is 0 Å². The molecule has 0 aliphatic rings. The molecule has 0 fully saturated rings. The lowest BCUT2D eigenvalue weighted by atomic mass is 10.3. The second-order valence-corrected chi connectivity index (χ2v) is 3.91. The smallest absolute Gasteiger partial charge is 0.207 e. The highest BCUT2D eigenvalue weighted by atomic mass is 19.1. The van der Waals surface area contributed by atoms with Crippen LogP contribution in [0.4, 0.5) is 16.0 Å². The Kier molecular flexibility index (Phi) is 4.35. The summed E-state index contributed by atoms with van der Waals surface area (Å²) in [6, 6.07) is 4.67. The summed E-state index contributed by atoms with van der Waals surface area (Å²) < 4.78 is 25.4. The van der Waals surface area contributed by atoms with E-state index in [2.05, 4.69) is 10.3 Å². The van der Waals surface area contributed by atoms with Crippen LogP contribution in [-0.4, -0.2) is 30.4 Å². The van der Waals surface area contributed by atoms with E-state index < -0.39 is 5.82 Å². The summed E-state index contributed by atoms with van der Waals surface area (Å²) in [5, 5.41) is 3.05. The highest BCUT2D eigenvalue weighted by Gasteiger charge is 2.06. The van der Waals surface area contributed by atoms with Crippen LogP contribution in [0.3, 0.4) is 0 Å². The molecule has 0 radical (unpaired) electrons. The number of nitrogens with one attached hydrogen (secondary N) is 1. The Morgan fingerprint density at radius 3 is 2.89 bits per heavy atom. The van der Waals surface area contributed by atoms with Gasteiger partial charge in [0.15, 0.2) is 11.6 Å². The Morgan fingerprint density at radius 1 is 1.37 bits per heavy atom. The van der Waals surface area contributed by atoms with Gasteiger partial charge in [0, 0.05) is 37.8 Å². The van der Waals surface area contributed by atoms with E-state index in [-0.39, 0.29) is 5.75 Å². The summed E-state index contributed by atoms with van der Waals surface area (Å²) in [6.07, 6.45) is 3.51. The highest BCUT2D eigenvalue weighted by Crippen LogP contribution is 2.22. The molecule has 0 atom stereocenters. The Morgan fingerprint density at radius 2 is 2.21 bits per heavy atom. The van der Waals surface area contributed by atoms with Crippen molar-refractivity contribution in [2.45, 2.75) is 6.54 Å². The number of hydrogen-bond donors (Lipinski definition) is 1. The van der Waals surface area contributed by atoms with Gasteiger partial charge in [-0.25, -0.2) is 9.37 Å². The molecule has 1 aromatic carbocycles. The van der Waals surface area contributed by atoms with Crippen molar-refractivity contribution in [3.05, 3.63) is 36.4 Å². The molecule has 0 unspecified atom stereocenters. The number of nitrogens with zero attached hydrogens (tertiary/aromatic N) is 2. The minimum Gasteiger partial charge on any atom is -0.494 e. The van der Waals surface area contributed by atoms with Crippen LogP contribution in [0.15, 0.2) is 30.6 Å². The standard InChI is InChI=1S/C13H16FN3O2/c1-18-8-7-17-6-5-15-13(17)16-10-3-4-12(19-2)11(14)9-10/h3-6,9H,7-8H2,1-2H3,(H,15,16). The Bertz CT molecular complexity index is 542. The van der Waals surface area contributed by atoms with E-state index in [1.807, 2.05) is 10.8 Å². The average molecular weight is 265 g/mol. The van der Waals surface area contributed by atoms with Crippen molar-refractivity contribution < 1.29 is 13.9 Å². The quantitative estimate of drug-likeness (QED) is 0.871. The van der Waals surface area contributed by atoms with Gasteiger partial charge in [0.1, 0.15) is 0 Å². The van der Waals surface area contributed by atoms with Crippen LogP contribution in [-0.2, 0) is 11.3 Å². The summed E-state index contributed by atoms with van der Waals surface area (Å²) in [5.41, 5.74) is 0.614. The second kappa shape index (κ2) is 6.19. The topological polar surface area (TPSA) is 48.3 Å². The predicted octanol–water partition coefficient (Wildman–Crippen LogP) is 2.42. The lowest BCUT2D eigenvalue weighted by molar-refractivity contribution is 0.188. The fraction of sp³-hybridized carbons (Fsp3) is 0.308. The molecule has 2 rings (SSSR count). The summed E-state index contributed by atoms with van der Waals surface area (Å²) in [5.74, 6) is 0.442. The maximum atomic E-state index is 13.6. The molecule has 0 amide bonds. The Hall–Kier alpha value is -2.08. The number of aromatic nitrogens is 2. The van der Waals surface area contributed by atoms with E-state index in [1.54, 1.807) is 25.4 Å². The molecule has 19 heavy (non-hydrogen) atoms. The molecule has 0 saturated heterocycles. The lowest BCUT2D eigenvalue weighted by Gasteiger charge is -2.10. The zero-order valence-electron chi connectivity index (χ0n) is 10.9. The molecule has 5 nitrogen and oxygen atoms in total. The van der Waals surface area contributed by atoms with Crippen molar-refractivity contribution in [2.24, 2.45) is 0 Å². The van der Waals surface area contributed by atoms with Gasteiger partial charge in [0.05, 0.1) is 13.7 Å². The highest BCUT2D eigenvalue weighted by molar-refractivity contribution is 5.55. The number of benzene rings is 1. The van der Waals surface area contributed by atoms with Crippen LogP contribution < -0.4 is 10.1 Å². The van der Waals surface area contributed by atoms with Crippen molar-refractivity contribution in [2.75, 3.05) is 26.1 Å². The number of hydrogen-bond acceptors (Lipinski definition) is 4. The zero-order valence-corrected chi connectivity index (χ0v) is 10.9. The van der Waals surface area contributed by atoms with Crippen LogP contribution in [0.25, 0.3) is 0 Å². The van der Waals surface area contributed by atoms with Crippen LogP contribution >= 0.6 is 0 Å². The summed E-state index contributed by atoms with van der Waals surface area (Å²) in [7, 11) is 3.08. The fourth-order valence-corrected chi connectivity index (χ4v) is 1.68. The number of imidazole rings is 1. The third-order valence-corrected chi connectivity index (χ3v) is 2.66. The minimum absolute atomic E-state index is 0.216. The molecule has 0 aliphatic heterocycles. The molecular formula is C13H16FN3O2. The molecule has 102 valence electrons. The fourth-order valence-electron chi connectivity index (χ4n) is 1.68. The van der Waals surface area contributed by atoms with Gasteiger partial charge in [-0.1, -0.05) is 0 Å². The second-order valence-electron chi connectivity index (χ2n) is 3.91. The first kappa shape index (κ1) is 13.4. The van der Waals surface area contributed by atoms with Gasteiger partial charge in [-0.3, -0.25) is 0 Å². The first-order valence-electron chi connectivity index (χ1n) is 5.85. The van der Waals surface area contributed by atoms with Gasteiger partial charge in [-0.05, 0) is 12.1 Å². The predicted molar refractivity (Wildman–Crippen MR) is 70.3 cm³/mol. The van der Waals surface area contributed by atoms with Gasteiger partial charge in [-0.2, -0.15) is 0 Å². The third kappa shape index (κ3) is 3.23. The van der Waals surface area contributed by atoms with Crippen LogP contribution in [0.2, 0.25) is 0 Å². The lowest BCUT2D eigenvalue weighted by Crippen LogP contribution is -2.07. The average Bonchev–Trinajstić information content (AvgIpc) is 2.84. The molecule has 1 heterocycles. The van der Waals surface area contributed by atoms with Gasteiger partial charge in [-0.15, -0.1) is 0 Å². The van der Waals surface area contributed by atoms with Crippen LogP contribution in [0, 0.1) is 5.82 Å². The summed E-state index contributed by atoms with van der Waals surface area (Å²) in [4.78, 5) is 4.18. The van der Waals surface area contributed by atoms with E-state index in [1.165, 1.54) is 13.2 Å². The minimum atomic E-state index is -0.414. The van der Waals surface area contributed by atoms with Crippen molar-refractivity contribution in [1.82, 2.24) is 9.55 Å². The SMILES string of the molecule is COCCn1ccnc1Nc1ccc(OC)c(F)c1. The van der Waals surface area contributed by atoms with Gasteiger partial charge in [0.2, 0.25) is 5.95 Å². The number of methoxy groups -OCH3 is 2. The number of ether oxygens (including phenoxy) is 2. The molecule has 0 saturated carbocycles. The first-order chi connectivity index (χ1) is 9.24. The molecule has 0 spiro atoms. The van der Waals surface area contributed by atoms with E-state index >= 15 is 0 Å². The summed E-state index contributed by atoms with van der Waals surface area (Å²) in [6.45, 7) is 1.26. The molecule has 6 heteroatoms. The zero-order chi connectivity index (χ0) is 13.7. The Labute approximate surface area is 111 Å². The van der Waals surface area contributed by atoms with E-state index in [0.717, 1.165) is 0 Å². The molecule has 0 bridgehead atoms. The first-order valence-corrected chi connectivity index (χ1v) is 5.85. The molecule has 1 N–H and O–H groups in total. The van der Waals surface area contributed by atoms with Crippen molar-refractivity contribution in [3.63, 3.8) is 0 Å². The van der Waals surface area contributed by atoms with E-state index in [9.17, 15) is 4.39 Å².